The van der Waals surface area contributed by atoms with Crippen LogP contribution < -0.4 is 0 Å². The Morgan fingerprint density at radius 2 is 1.40 bits per heavy atom. The molecule has 1 aromatic carbocycles. The zero-order valence-electron chi connectivity index (χ0n) is 14.8. The molecule has 0 bridgehead atoms. The third kappa shape index (κ3) is 17.1. The van der Waals surface area contributed by atoms with Crippen LogP contribution in [0.25, 0.3) is 0 Å². The largest absolute Gasteiger partial charge is 0.465 e. The fraction of sp³-hybridized carbons (Fsp3) is 0.500. The maximum absolute atomic E-state index is 10.8. The van der Waals surface area contributed by atoms with Gasteiger partial charge < -0.3 is 9.47 Å². The van der Waals surface area contributed by atoms with Gasteiger partial charge in [0.25, 0.3) is 20.2 Å². The van der Waals surface area contributed by atoms with Crippen LogP contribution in [0.5, 0.6) is 0 Å². The monoisotopic (exact) mass is 400 g/mol. The highest BCUT2D eigenvalue weighted by Crippen LogP contribution is 1.98. The molecule has 0 saturated carbocycles. The molecule has 0 heterocycles. The average Bonchev–Trinajstić information content (AvgIpc) is 2.60. The van der Waals surface area contributed by atoms with Crippen molar-refractivity contribution < 1.29 is 39.5 Å². The normalized spacial score (nSPS) is 10.6. The molecule has 0 aliphatic rings. The molecular weight excluding hydrogens is 376 g/mol. The van der Waals surface area contributed by atoms with Gasteiger partial charge in [-0.15, -0.1) is 0 Å². The first-order valence-electron chi connectivity index (χ1n) is 6.69. The van der Waals surface area contributed by atoms with E-state index in [-0.39, 0.29) is 18.3 Å². The van der Waals surface area contributed by atoms with Gasteiger partial charge in [0.2, 0.25) is 0 Å². The highest BCUT2D eigenvalue weighted by Gasteiger charge is 2.05. The second-order valence-electron chi connectivity index (χ2n) is 4.15. The predicted molar refractivity (Wildman–Crippen MR) is 92.3 cm³/mol. The number of hydrogen-bond acceptors (Lipinski definition) is 9. The van der Waals surface area contributed by atoms with E-state index in [1.807, 2.05) is 6.07 Å². The van der Waals surface area contributed by atoms with Gasteiger partial charge in [-0.3, -0.25) is 8.37 Å². The lowest BCUT2D eigenvalue weighted by atomic mass is 10.2. The molecule has 0 aliphatic carbocycles. The Kier molecular flexibility index (Phi) is 14.1. The molecule has 0 amide bonds. The number of benzene rings is 1. The Morgan fingerprint density at radius 1 is 0.920 bits per heavy atom. The van der Waals surface area contributed by atoms with Crippen molar-refractivity contribution in [1.82, 2.24) is 0 Å². The number of rotatable bonds is 6. The summed E-state index contributed by atoms with van der Waals surface area (Å²) in [5.41, 5.74) is 0.588. The van der Waals surface area contributed by atoms with E-state index in [4.69, 9.17) is 0 Å². The summed E-state index contributed by atoms with van der Waals surface area (Å²) in [5, 5.41) is 0. The first kappa shape index (κ1) is 25.7. The predicted octanol–water partition coefficient (Wildman–Crippen LogP) is 0.675. The van der Waals surface area contributed by atoms with Crippen molar-refractivity contribution in [3.63, 3.8) is 0 Å². The van der Waals surface area contributed by atoms with E-state index in [2.05, 4.69) is 17.8 Å². The fourth-order valence-corrected chi connectivity index (χ4v) is 1.50. The molecule has 0 fully saturated rings. The minimum Gasteiger partial charge on any atom is -0.465 e. The van der Waals surface area contributed by atoms with E-state index in [9.17, 15) is 21.6 Å². The molecule has 0 unspecified atom stereocenters. The van der Waals surface area contributed by atoms with Crippen LogP contribution in [0.1, 0.15) is 10.4 Å². The van der Waals surface area contributed by atoms with Crippen LogP contribution in [-0.4, -0.2) is 69.9 Å². The minimum atomic E-state index is -3.31. The van der Waals surface area contributed by atoms with Crippen molar-refractivity contribution in [2.75, 3.05) is 47.1 Å². The van der Waals surface area contributed by atoms with Gasteiger partial charge >= 0.3 is 5.97 Å². The second kappa shape index (κ2) is 13.7. The molecule has 9 nitrogen and oxygen atoms in total. The van der Waals surface area contributed by atoms with Gasteiger partial charge in [-0.1, -0.05) is 18.2 Å². The van der Waals surface area contributed by atoms with E-state index in [0.29, 0.717) is 5.56 Å². The molecule has 11 heteroatoms. The summed E-state index contributed by atoms with van der Waals surface area (Å²) < 4.78 is 57.5. The quantitative estimate of drug-likeness (QED) is 0.501. The zero-order chi connectivity index (χ0) is 19.9. The molecular formula is C14H24O9S2. The van der Waals surface area contributed by atoms with Gasteiger partial charge in [0.15, 0.2) is 0 Å². The lowest BCUT2D eigenvalue weighted by Crippen LogP contribution is -2.11. The molecule has 0 radical (unpaired) electrons. The first-order valence-corrected chi connectivity index (χ1v) is 10.1. The van der Waals surface area contributed by atoms with Gasteiger partial charge in [-0.25, -0.2) is 4.79 Å². The number of esters is 1. The van der Waals surface area contributed by atoms with Crippen LogP contribution in [0.15, 0.2) is 30.3 Å². The zero-order valence-corrected chi connectivity index (χ0v) is 16.4. The number of methoxy groups -OCH3 is 2. The summed E-state index contributed by atoms with van der Waals surface area (Å²) in [6.45, 7) is 0.177. The van der Waals surface area contributed by atoms with Crippen LogP contribution in [-0.2, 0) is 38.1 Å². The smallest absolute Gasteiger partial charge is 0.337 e. The van der Waals surface area contributed by atoms with Crippen molar-refractivity contribution in [2.24, 2.45) is 0 Å². The van der Waals surface area contributed by atoms with Gasteiger partial charge in [0, 0.05) is 7.11 Å². The Labute approximate surface area is 149 Å². The molecule has 0 saturated heterocycles. The van der Waals surface area contributed by atoms with Crippen molar-refractivity contribution in [3.05, 3.63) is 35.9 Å². The number of carbonyl (C=O) groups excluding carboxylic acids is 1. The molecule has 0 spiro atoms. The van der Waals surface area contributed by atoms with E-state index in [1.54, 1.807) is 24.3 Å². The molecule has 0 atom stereocenters. The summed E-state index contributed by atoms with van der Waals surface area (Å²) in [6.07, 6.45) is 0.993. The number of hydrogen-bond donors (Lipinski definition) is 0. The summed E-state index contributed by atoms with van der Waals surface area (Å²) in [6, 6.07) is 8.88. The lowest BCUT2D eigenvalue weighted by molar-refractivity contribution is 0.0600. The van der Waals surface area contributed by atoms with Crippen molar-refractivity contribution >= 4 is 26.2 Å². The molecule has 0 aliphatic heterocycles. The van der Waals surface area contributed by atoms with Gasteiger partial charge in [-0.2, -0.15) is 16.8 Å². The van der Waals surface area contributed by atoms with E-state index < -0.39 is 20.2 Å². The third-order valence-electron chi connectivity index (χ3n) is 2.29. The molecule has 25 heavy (non-hydrogen) atoms. The van der Waals surface area contributed by atoms with E-state index in [1.165, 1.54) is 14.2 Å². The van der Waals surface area contributed by atoms with Gasteiger partial charge in [0.05, 0.1) is 45.5 Å². The van der Waals surface area contributed by atoms with Crippen LogP contribution in [0.2, 0.25) is 0 Å². The first-order chi connectivity index (χ1) is 11.5. The summed E-state index contributed by atoms with van der Waals surface area (Å²) in [4.78, 5) is 10.8. The van der Waals surface area contributed by atoms with Crippen molar-refractivity contribution in [3.8, 4) is 0 Å². The van der Waals surface area contributed by atoms with Crippen LogP contribution in [0, 0.1) is 0 Å². The van der Waals surface area contributed by atoms with Gasteiger partial charge in [0.1, 0.15) is 0 Å². The highest BCUT2D eigenvalue weighted by atomic mass is 32.2. The van der Waals surface area contributed by atoms with E-state index in [0.717, 1.165) is 20.5 Å². The Morgan fingerprint density at radius 3 is 1.72 bits per heavy atom. The lowest BCUT2D eigenvalue weighted by Gasteiger charge is -1.97. The highest BCUT2D eigenvalue weighted by molar-refractivity contribution is 7.86. The molecule has 1 aromatic rings. The maximum Gasteiger partial charge on any atom is 0.337 e. The third-order valence-corrected chi connectivity index (χ3v) is 4.07. The Hall–Kier alpha value is -1.53. The molecule has 1 rings (SSSR count). The standard InChI is InChI=1S/C8H8O2.C4H10O4S.C2H6O3S/c1-10-8(9)7-5-3-2-4-6-7;1-7-3-4-9(5,6)8-2;1-5-6(2,3)4/h2-6H,1H3;3-4H2,1-2H3;1-2H3. The summed E-state index contributed by atoms with van der Waals surface area (Å²) in [7, 11) is -1.41. The maximum atomic E-state index is 10.8. The molecule has 0 N–H and O–H groups in total. The topological polar surface area (TPSA) is 122 Å². The van der Waals surface area contributed by atoms with Crippen molar-refractivity contribution in [1.29, 1.82) is 0 Å². The van der Waals surface area contributed by atoms with E-state index >= 15 is 0 Å². The molecule has 0 aromatic heterocycles. The number of carbonyl (C=O) groups is 1. The van der Waals surface area contributed by atoms with Crippen LogP contribution in [0.3, 0.4) is 0 Å². The summed E-state index contributed by atoms with van der Waals surface area (Å²) in [5.74, 6) is -0.374. The Balaban J connectivity index is 0. The van der Waals surface area contributed by atoms with Crippen LogP contribution in [0.4, 0.5) is 0 Å². The second-order valence-corrected chi connectivity index (χ2v) is 7.75. The minimum absolute atomic E-state index is 0.0833. The van der Waals surface area contributed by atoms with Crippen LogP contribution >= 0.6 is 0 Å². The van der Waals surface area contributed by atoms with Crippen molar-refractivity contribution in [2.45, 2.75) is 0 Å². The Bertz CT molecular complexity index is 668. The number of ether oxygens (including phenoxy) is 2. The SMILES string of the molecule is COC(=O)c1ccccc1.COCCS(=O)(=O)OC.COS(C)(=O)=O. The average molecular weight is 400 g/mol. The fourth-order valence-electron chi connectivity index (χ4n) is 0.961. The summed E-state index contributed by atoms with van der Waals surface area (Å²) >= 11 is 0. The molecule has 146 valence electrons. The van der Waals surface area contributed by atoms with Gasteiger partial charge in [-0.05, 0) is 12.1 Å².